The van der Waals surface area contributed by atoms with Crippen LogP contribution in [0.4, 0.5) is 0 Å². The van der Waals surface area contributed by atoms with Crippen molar-refractivity contribution in [3.05, 3.63) is 53.6 Å². The van der Waals surface area contributed by atoms with Crippen molar-refractivity contribution in [3.63, 3.8) is 0 Å². The van der Waals surface area contributed by atoms with Gasteiger partial charge in [-0.2, -0.15) is 0 Å². The van der Waals surface area contributed by atoms with Crippen LogP contribution in [0.1, 0.15) is 18.1 Å². The van der Waals surface area contributed by atoms with Gasteiger partial charge < -0.3 is 93.7 Å². The summed E-state index contributed by atoms with van der Waals surface area (Å²) >= 11 is 0. The van der Waals surface area contributed by atoms with Gasteiger partial charge in [0.15, 0.2) is 41.9 Å². The third-order valence-corrected chi connectivity index (χ3v) is 9.78. The van der Waals surface area contributed by atoms with Crippen LogP contribution in [0, 0.1) is 0 Å². The highest BCUT2D eigenvalue weighted by Crippen LogP contribution is 2.34. The zero-order valence-electron chi connectivity index (χ0n) is 31.2. The van der Waals surface area contributed by atoms with Crippen molar-refractivity contribution in [1.29, 1.82) is 0 Å². The van der Waals surface area contributed by atoms with Gasteiger partial charge >= 0.3 is 5.97 Å². The Morgan fingerprint density at radius 3 is 2.09 bits per heavy atom. The first kappa shape index (κ1) is 44.4. The Balaban J connectivity index is 1.34. The maximum atomic E-state index is 12.7. The number of phenols is 2. The molecule has 3 fully saturated rings. The van der Waals surface area contributed by atoms with Crippen LogP contribution in [0.3, 0.4) is 0 Å². The number of phenolic OH excluding ortho intramolecular Hbond substituents is 2. The van der Waals surface area contributed by atoms with Crippen molar-refractivity contribution in [2.24, 2.45) is 0 Å². The largest absolute Gasteiger partial charge is 0.504 e. The molecule has 3 aliphatic heterocycles. The Hall–Kier alpha value is -3.71. The SMILES string of the molecule is COc1ccc(CCO[C@@H]2O[C@H](COC(=O)C=Cc3ccc(O)c(OC)c3)[C@@H](O)[C@H](O[C@@H]3O[C@@H](C)[C@H](O)[C@@H](O)[C@H]3O[C@@H]3O[C@H](CO)[C@@H](O)[C@H](O)[C@H]3O)[C@H]2O)cc1O. The predicted molar refractivity (Wildman–Crippen MR) is 190 cm³/mol. The fourth-order valence-corrected chi connectivity index (χ4v) is 6.44. The van der Waals surface area contributed by atoms with Crippen molar-refractivity contribution in [2.45, 2.75) is 105 Å². The number of methoxy groups -OCH3 is 2. The number of ether oxygens (including phenoxy) is 9. The highest BCUT2D eigenvalue weighted by atomic mass is 16.8. The first-order valence-corrected chi connectivity index (χ1v) is 18.0. The number of hydrogen-bond donors (Lipinski definition) is 10. The molecular formula is C37H50O20. The summed E-state index contributed by atoms with van der Waals surface area (Å²) in [5.41, 5.74) is 1.11. The minimum absolute atomic E-state index is 0.105. The second-order valence-electron chi connectivity index (χ2n) is 13.6. The standard InChI is InChI=1S/C37H50O20/c1-16-26(42)30(46)34(57-36-31(47)29(45)27(43)23(14-38)54-36)37(53-16)56-33-28(44)24(15-52-25(41)9-6-17-4-7-19(39)22(13-17)50-3)55-35(32(33)48)51-11-10-18-5-8-21(49-2)20(40)12-18/h4-9,12-13,16,23-24,26-40,42-48H,10-11,14-15H2,1-3H3/t16-,23+,24+,26-,27+,28+,29-,30+,31+,32+,33-,34+,35+,36-,37-/m0/s1. The second kappa shape index (κ2) is 19.8. The lowest BCUT2D eigenvalue weighted by atomic mass is 9.96. The van der Waals surface area contributed by atoms with Gasteiger partial charge in [0, 0.05) is 6.08 Å². The number of esters is 1. The van der Waals surface area contributed by atoms with Crippen LogP contribution >= 0.6 is 0 Å². The van der Waals surface area contributed by atoms with Crippen LogP contribution in [0.2, 0.25) is 0 Å². The number of benzene rings is 2. The van der Waals surface area contributed by atoms with Crippen LogP contribution in [0.15, 0.2) is 42.5 Å². The number of aromatic hydroxyl groups is 2. The minimum atomic E-state index is -1.92. The summed E-state index contributed by atoms with van der Waals surface area (Å²) in [4.78, 5) is 12.7. The molecule has 0 saturated carbocycles. The van der Waals surface area contributed by atoms with Crippen LogP contribution in [0.5, 0.6) is 23.0 Å². The Labute approximate surface area is 326 Å². The first-order chi connectivity index (χ1) is 27.2. The number of carbonyl (C=O) groups is 1. The molecule has 2 aromatic rings. The number of carbonyl (C=O) groups excluding carboxylic acids is 1. The van der Waals surface area contributed by atoms with E-state index in [1.165, 1.54) is 51.5 Å². The molecule has 0 unspecified atom stereocenters. The van der Waals surface area contributed by atoms with E-state index in [4.69, 9.17) is 42.6 Å². The molecule has 0 amide bonds. The Morgan fingerprint density at radius 2 is 1.40 bits per heavy atom. The molecule has 318 valence electrons. The lowest BCUT2D eigenvalue weighted by Gasteiger charge is -2.48. The van der Waals surface area contributed by atoms with Gasteiger partial charge in [-0.05, 0) is 54.8 Å². The molecule has 10 N–H and O–H groups in total. The van der Waals surface area contributed by atoms with E-state index in [2.05, 4.69) is 0 Å². The van der Waals surface area contributed by atoms with Crippen molar-refractivity contribution in [3.8, 4) is 23.0 Å². The zero-order valence-corrected chi connectivity index (χ0v) is 31.2. The Morgan fingerprint density at radius 1 is 0.702 bits per heavy atom. The molecule has 20 heteroatoms. The summed E-state index contributed by atoms with van der Waals surface area (Å²) in [7, 11) is 2.76. The van der Waals surface area contributed by atoms with Crippen LogP contribution in [0.25, 0.3) is 6.08 Å². The lowest BCUT2D eigenvalue weighted by molar-refractivity contribution is -0.386. The number of rotatable bonds is 15. The summed E-state index contributed by atoms with van der Waals surface area (Å²) in [5.74, 6) is -0.671. The highest BCUT2D eigenvalue weighted by Gasteiger charge is 2.53. The van der Waals surface area contributed by atoms with E-state index in [0.717, 1.165) is 6.08 Å². The van der Waals surface area contributed by atoms with Crippen molar-refractivity contribution >= 4 is 12.0 Å². The molecule has 0 aliphatic carbocycles. The van der Waals surface area contributed by atoms with E-state index in [-0.39, 0.29) is 36.0 Å². The average Bonchev–Trinajstić information content (AvgIpc) is 3.19. The predicted octanol–water partition coefficient (Wildman–Crippen LogP) is -2.59. The van der Waals surface area contributed by atoms with E-state index in [1.54, 1.807) is 12.1 Å². The third-order valence-electron chi connectivity index (χ3n) is 9.78. The number of aliphatic hydroxyl groups is 8. The third kappa shape index (κ3) is 10.5. The summed E-state index contributed by atoms with van der Waals surface area (Å²) in [6, 6.07) is 9.05. The first-order valence-electron chi connectivity index (χ1n) is 18.0. The van der Waals surface area contributed by atoms with Crippen LogP contribution in [-0.2, 0) is 44.4 Å². The fraction of sp³-hybridized carbons (Fsp3) is 0.595. The van der Waals surface area contributed by atoms with E-state index >= 15 is 0 Å². The van der Waals surface area contributed by atoms with E-state index in [9.17, 15) is 55.9 Å². The van der Waals surface area contributed by atoms with Gasteiger partial charge in [0.2, 0.25) is 0 Å². The maximum Gasteiger partial charge on any atom is 0.330 e. The Kier molecular flexibility index (Phi) is 15.4. The van der Waals surface area contributed by atoms with Gasteiger partial charge in [0.1, 0.15) is 73.8 Å². The molecular weight excluding hydrogens is 764 g/mol. The molecule has 0 spiro atoms. The van der Waals surface area contributed by atoms with Crippen LogP contribution < -0.4 is 9.47 Å². The smallest absolute Gasteiger partial charge is 0.330 e. The molecule has 3 saturated heterocycles. The van der Waals surface area contributed by atoms with Gasteiger partial charge in [-0.25, -0.2) is 4.79 Å². The Bertz CT molecular complexity index is 1640. The molecule has 57 heavy (non-hydrogen) atoms. The second-order valence-corrected chi connectivity index (χ2v) is 13.6. The minimum Gasteiger partial charge on any atom is -0.504 e. The normalized spacial score (nSPS) is 35.9. The zero-order chi connectivity index (χ0) is 41.6. The number of aliphatic hydroxyl groups excluding tert-OH is 8. The molecule has 20 nitrogen and oxygen atoms in total. The van der Waals surface area contributed by atoms with Crippen molar-refractivity contribution in [2.75, 3.05) is 34.0 Å². The summed E-state index contributed by atoms with van der Waals surface area (Å²) < 4.78 is 50.2. The molecule has 3 aliphatic rings. The van der Waals surface area contributed by atoms with Crippen molar-refractivity contribution in [1.82, 2.24) is 0 Å². The molecule has 0 bridgehead atoms. The highest BCUT2D eigenvalue weighted by molar-refractivity contribution is 5.87. The van der Waals surface area contributed by atoms with Gasteiger partial charge in [0.25, 0.3) is 0 Å². The van der Waals surface area contributed by atoms with Gasteiger partial charge in [-0.1, -0.05) is 12.1 Å². The molecule has 3 heterocycles. The molecule has 0 radical (unpaired) electrons. The molecule has 15 atom stereocenters. The molecule has 5 rings (SSSR count). The van der Waals surface area contributed by atoms with Crippen molar-refractivity contribution < 1.29 is 98.5 Å². The lowest BCUT2D eigenvalue weighted by Crippen LogP contribution is -2.66. The quantitative estimate of drug-likeness (QED) is 0.0652. The van der Waals surface area contributed by atoms with Gasteiger partial charge in [-0.15, -0.1) is 0 Å². The average molecular weight is 815 g/mol. The van der Waals surface area contributed by atoms with E-state index in [0.29, 0.717) is 11.1 Å². The number of hydrogen-bond acceptors (Lipinski definition) is 20. The van der Waals surface area contributed by atoms with E-state index < -0.39 is 111 Å². The summed E-state index contributed by atoms with van der Waals surface area (Å²) in [6.07, 6.45) is -22.3. The fourth-order valence-electron chi connectivity index (χ4n) is 6.44. The van der Waals surface area contributed by atoms with Gasteiger partial charge in [-0.3, -0.25) is 0 Å². The summed E-state index contributed by atoms with van der Waals surface area (Å²) in [6.45, 7) is -0.108. The monoisotopic (exact) mass is 814 g/mol. The van der Waals surface area contributed by atoms with Crippen LogP contribution in [-0.4, -0.2) is 183 Å². The summed E-state index contributed by atoms with van der Waals surface area (Å²) in [5, 5.41) is 105. The topological polar surface area (TPSA) is 302 Å². The molecule has 0 aromatic heterocycles. The van der Waals surface area contributed by atoms with E-state index in [1.807, 2.05) is 0 Å². The maximum absolute atomic E-state index is 12.7. The molecule has 2 aromatic carbocycles. The van der Waals surface area contributed by atoms with Gasteiger partial charge in [0.05, 0.1) is 33.5 Å².